The number of rotatable bonds is 13. The van der Waals surface area contributed by atoms with Crippen LogP contribution in [0.4, 0.5) is 0 Å². The minimum Gasteiger partial charge on any atom is -0.355 e. The lowest BCUT2D eigenvalue weighted by Crippen LogP contribution is -2.50. The van der Waals surface area contributed by atoms with E-state index in [2.05, 4.69) is 5.32 Å². The summed E-state index contributed by atoms with van der Waals surface area (Å²) in [6, 6.07) is 21.9. The SMILES string of the molecule is CCNC(=O)[C@@H](Cc1ccccc1)N(Cc1c(Cl)cccc1Cl)C(=O)CCCN(C)S(=O)(=O)c1ccccc1. The lowest BCUT2D eigenvalue weighted by molar-refractivity contribution is -0.141. The Bertz CT molecular complexity index is 1340. The Morgan fingerprint density at radius 3 is 2.08 bits per heavy atom. The quantitative estimate of drug-likeness (QED) is 0.298. The summed E-state index contributed by atoms with van der Waals surface area (Å²) < 4.78 is 27.0. The van der Waals surface area contributed by atoms with Gasteiger partial charge in [-0.15, -0.1) is 0 Å². The minimum absolute atomic E-state index is 0.0292. The fourth-order valence-electron chi connectivity index (χ4n) is 4.19. The summed E-state index contributed by atoms with van der Waals surface area (Å²) in [6.45, 7) is 2.39. The number of hydrogen-bond acceptors (Lipinski definition) is 4. The lowest BCUT2D eigenvalue weighted by atomic mass is 10.0. The van der Waals surface area contributed by atoms with Crippen molar-refractivity contribution in [3.05, 3.63) is 100 Å². The maximum atomic E-state index is 13.7. The maximum absolute atomic E-state index is 13.7. The summed E-state index contributed by atoms with van der Waals surface area (Å²) in [5.41, 5.74) is 1.44. The number of halogens is 2. The topological polar surface area (TPSA) is 86.8 Å². The van der Waals surface area contributed by atoms with Crippen molar-refractivity contribution in [1.29, 1.82) is 0 Å². The molecule has 0 aliphatic heterocycles. The molecule has 0 saturated carbocycles. The van der Waals surface area contributed by atoms with Crippen molar-refractivity contribution in [2.75, 3.05) is 20.1 Å². The third-order valence-electron chi connectivity index (χ3n) is 6.33. The highest BCUT2D eigenvalue weighted by Crippen LogP contribution is 2.27. The van der Waals surface area contributed by atoms with Crippen molar-refractivity contribution >= 4 is 45.0 Å². The van der Waals surface area contributed by atoms with Crippen LogP contribution >= 0.6 is 23.2 Å². The van der Waals surface area contributed by atoms with Crippen LogP contribution in [0.2, 0.25) is 10.0 Å². The van der Waals surface area contributed by atoms with E-state index in [-0.39, 0.29) is 42.6 Å². The van der Waals surface area contributed by atoms with Crippen molar-refractivity contribution in [2.24, 2.45) is 0 Å². The third kappa shape index (κ3) is 8.29. The molecule has 0 fully saturated rings. The van der Waals surface area contributed by atoms with Crippen LogP contribution < -0.4 is 5.32 Å². The number of benzene rings is 3. The Kier molecular flexibility index (Phi) is 11.4. The third-order valence-corrected chi connectivity index (χ3v) is 8.91. The van der Waals surface area contributed by atoms with Crippen molar-refractivity contribution in [3.8, 4) is 0 Å². The van der Waals surface area contributed by atoms with Crippen molar-refractivity contribution < 1.29 is 18.0 Å². The summed E-state index contributed by atoms with van der Waals surface area (Å²) in [5, 5.41) is 3.63. The van der Waals surface area contributed by atoms with Gasteiger partial charge in [-0.2, -0.15) is 0 Å². The molecule has 0 aliphatic carbocycles. The molecule has 1 atom stereocenters. The van der Waals surface area contributed by atoms with Crippen LogP contribution in [0.1, 0.15) is 30.9 Å². The van der Waals surface area contributed by atoms with Crippen LogP contribution in [-0.2, 0) is 32.6 Å². The molecule has 3 aromatic rings. The van der Waals surface area contributed by atoms with Gasteiger partial charge in [-0.1, -0.05) is 77.8 Å². The van der Waals surface area contributed by atoms with Crippen LogP contribution in [0.15, 0.2) is 83.8 Å². The molecule has 3 aromatic carbocycles. The number of hydrogen-bond donors (Lipinski definition) is 1. The fraction of sp³-hybridized carbons (Fsp3) is 0.310. The molecule has 3 rings (SSSR count). The molecule has 0 spiro atoms. The Labute approximate surface area is 240 Å². The van der Waals surface area contributed by atoms with Gasteiger partial charge in [0.15, 0.2) is 0 Å². The van der Waals surface area contributed by atoms with E-state index in [1.165, 1.54) is 28.4 Å². The van der Waals surface area contributed by atoms with Gasteiger partial charge in [0.05, 0.1) is 4.90 Å². The first-order chi connectivity index (χ1) is 18.6. The first-order valence-electron chi connectivity index (χ1n) is 12.7. The van der Waals surface area contributed by atoms with E-state index in [0.29, 0.717) is 28.6 Å². The monoisotopic (exact) mass is 589 g/mol. The van der Waals surface area contributed by atoms with Gasteiger partial charge >= 0.3 is 0 Å². The molecule has 1 N–H and O–H groups in total. The van der Waals surface area contributed by atoms with Gasteiger partial charge in [0, 0.05) is 55.1 Å². The second-order valence-electron chi connectivity index (χ2n) is 9.07. The average molecular weight is 591 g/mol. The molecule has 39 heavy (non-hydrogen) atoms. The molecule has 0 heterocycles. The molecule has 0 aromatic heterocycles. The first-order valence-corrected chi connectivity index (χ1v) is 14.9. The summed E-state index contributed by atoms with van der Waals surface area (Å²) >= 11 is 12.9. The first kappa shape index (κ1) is 30.6. The molecule has 2 amide bonds. The number of carbonyl (C=O) groups is 2. The fourth-order valence-corrected chi connectivity index (χ4v) is 5.94. The average Bonchev–Trinajstić information content (AvgIpc) is 2.93. The van der Waals surface area contributed by atoms with Crippen LogP contribution in [0.3, 0.4) is 0 Å². The van der Waals surface area contributed by atoms with E-state index in [4.69, 9.17) is 23.2 Å². The zero-order valence-corrected chi connectivity index (χ0v) is 24.3. The van der Waals surface area contributed by atoms with Crippen molar-refractivity contribution in [1.82, 2.24) is 14.5 Å². The molecule has 0 saturated heterocycles. The second-order valence-corrected chi connectivity index (χ2v) is 11.9. The maximum Gasteiger partial charge on any atom is 0.243 e. The molecule has 0 aliphatic rings. The highest BCUT2D eigenvalue weighted by Gasteiger charge is 2.31. The molecule has 10 heteroatoms. The Morgan fingerprint density at radius 2 is 1.49 bits per heavy atom. The van der Waals surface area contributed by atoms with Crippen molar-refractivity contribution in [3.63, 3.8) is 0 Å². The molecule has 7 nitrogen and oxygen atoms in total. The van der Waals surface area contributed by atoms with Gasteiger partial charge in [0.2, 0.25) is 21.8 Å². The zero-order chi connectivity index (χ0) is 28.4. The van der Waals surface area contributed by atoms with Gasteiger partial charge in [-0.25, -0.2) is 12.7 Å². The van der Waals surface area contributed by atoms with E-state index in [9.17, 15) is 18.0 Å². The molecule has 0 radical (unpaired) electrons. The standard InChI is InChI=1S/C29H33Cl2N3O4S/c1-3-32-29(36)27(20-22-12-6-4-7-13-22)34(21-24-25(30)16-10-17-26(24)31)28(35)18-11-19-33(2)39(37,38)23-14-8-5-9-15-23/h4-10,12-17,27H,3,11,18-21H2,1-2H3,(H,32,36)/t27-/m1/s1. The predicted molar refractivity (Wildman–Crippen MR) is 155 cm³/mol. The van der Waals surface area contributed by atoms with E-state index >= 15 is 0 Å². The predicted octanol–water partition coefficient (Wildman–Crippen LogP) is 5.17. The molecular weight excluding hydrogens is 557 g/mol. The lowest BCUT2D eigenvalue weighted by Gasteiger charge is -2.32. The number of nitrogens with zero attached hydrogens (tertiary/aromatic N) is 2. The van der Waals surface area contributed by atoms with Crippen LogP contribution in [0.25, 0.3) is 0 Å². The smallest absolute Gasteiger partial charge is 0.243 e. The largest absolute Gasteiger partial charge is 0.355 e. The normalized spacial score (nSPS) is 12.2. The molecule has 0 unspecified atom stereocenters. The molecule has 208 valence electrons. The molecule has 0 bridgehead atoms. The van der Waals surface area contributed by atoms with Gasteiger partial charge in [-0.3, -0.25) is 9.59 Å². The number of amides is 2. The number of nitrogens with one attached hydrogen (secondary N) is 1. The minimum atomic E-state index is -3.69. The van der Waals surface area contributed by atoms with Crippen LogP contribution in [0.5, 0.6) is 0 Å². The van der Waals surface area contributed by atoms with E-state index in [0.717, 1.165) is 5.56 Å². The van der Waals surface area contributed by atoms with Gasteiger partial charge < -0.3 is 10.2 Å². The summed E-state index contributed by atoms with van der Waals surface area (Å²) in [7, 11) is -2.20. The Morgan fingerprint density at radius 1 is 0.897 bits per heavy atom. The summed E-state index contributed by atoms with van der Waals surface area (Å²) in [6.07, 6.45) is 0.589. The Balaban J connectivity index is 1.84. The van der Waals surface area contributed by atoms with Crippen molar-refractivity contribution in [2.45, 2.75) is 43.7 Å². The zero-order valence-electron chi connectivity index (χ0n) is 22.0. The number of carbonyl (C=O) groups excluding carboxylic acids is 2. The number of likely N-dealkylation sites (N-methyl/N-ethyl adjacent to an activating group) is 1. The summed E-state index contributed by atoms with van der Waals surface area (Å²) in [5.74, 6) is -0.592. The Hall–Kier alpha value is -2.91. The van der Waals surface area contributed by atoms with Gasteiger partial charge in [-0.05, 0) is 43.2 Å². The summed E-state index contributed by atoms with van der Waals surface area (Å²) in [4.78, 5) is 28.7. The second kappa shape index (κ2) is 14.5. The van der Waals surface area contributed by atoms with Crippen LogP contribution in [-0.4, -0.2) is 55.6 Å². The van der Waals surface area contributed by atoms with Crippen LogP contribution in [0, 0.1) is 0 Å². The molecular formula is C29H33Cl2N3O4S. The number of sulfonamides is 1. The van der Waals surface area contributed by atoms with Gasteiger partial charge in [0.1, 0.15) is 6.04 Å². The van der Waals surface area contributed by atoms with E-state index < -0.39 is 16.1 Å². The van der Waals surface area contributed by atoms with E-state index in [1.807, 2.05) is 37.3 Å². The van der Waals surface area contributed by atoms with Gasteiger partial charge in [0.25, 0.3) is 0 Å². The highest BCUT2D eigenvalue weighted by atomic mass is 35.5. The highest BCUT2D eigenvalue weighted by molar-refractivity contribution is 7.89. The van der Waals surface area contributed by atoms with E-state index in [1.54, 1.807) is 36.4 Å².